The lowest BCUT2D eigenvalue weighted by Crippen LogP contribution is -2.50. The summed E-state index contributed by atoms with van der Waals surface area (Å²) < 4.78 is 29.2. The maximum atomic E-state index is 12.4. The molecule has 6 heteroatoms. The van der Waals surface area contributed by atoms with Gasteiger partial charge in [0.05, 0.1) is 12.1 Å². The summed E-state index contributed by atoms with van der Waals surface area (Å²) >= 11 is 0. The van der Waals surface area contributed by atoms with Crippen LogP contribution in [0.2, 0.25) is 0 Å². The molecule has 0 heterocycles. The molecule has 1 saturated carbocycles. The number of carbonyl (C=O) groups excluding carboxylic acids is 1. The molecule has 1 unspecified atom stereocenters. The molecule has 122 valence electrons. The summed E-state index contributed by atoms with van der Waals surface area (Å²) in [5, 5.41) is 12.4. The van der Waals surface area contributed by atoms with Gasteiger partial charge in [0.2, 0.25) is 0 Å². The SMILES string of the molecule is Cc1cc(C(=O)NC(C)(CO)C2CC2)cc(C)c1OC(F)F. The number of hydrogen-bond acceptors (Lipinski definition) is 3. The van der Waals surface area contributed by atoms with Crippen molar-refractivity contribution in [3.8, 4) is 5.75 Å². The highest BCUT2D eigenvalue weighted by molar-refractivity contribution is 5.95. The van der Waals surface area contributed by atoms with Crippen LogP contribution in [0.1, 0.15) is 41.3 Å². The fraction of sp³-hybridized carbons (Fsp3) is 0.562. The highest BCUT2D eigenvalue weighted by Gasteiger charge is 2.42. The quantitative estimate of drug-likeness (QED) is 0.849. The van der Waals surface area contributed by atoms with Gasteiger partial charge in [-0.3, -0.25) is 4.79 Å². The Morgan fingerprint density at radius 2 is 1.95 bits per heavy atom. The summed E-state index contributed by atoms with van der Waals surface area (Å²) in [7, 11) is 0. The molecular weight excluding hydrogens is 292 g/mol. The van der Waals surface area contributed by atoms with Crippen molar-refractivity contribution in [3.63, 3.8) is 0 Å². The zero-order valence-corrected chi connectivity index (χ0v) is 13.0. The molecule has 1 aromatic rings. The van der Waals surface area contributed by atoms with E-state index in [1.165, 1.54) is 12.1 Å². The van der Waals surface area contributed by atoms with Gasteiger partial charge in [-0.15, -0.1) is 0 Å². The molecule has 0 spiro atoms. The lowest BCUT2D eigenvalue weighted by Gasteiger charge is -2.29. The van der Waals surface area contributed by atoms with Gasteiger partial charge in [-0.2, -0.15) is 8.78 Å². The summed E-state index contributed by atoms with van der Waals surface area (Å²) in [4.78, 5) is 12.4. The predicted molar refractivity (Wildman–Crippen MR) is 78.2 cm³/mol. The maximum Gasteiger partial charge on any atom is 0.387 e. The molecule has 22 heavy (non-hydrogen) atoms. The van der Waals surface area contributed by atoms with Crippen molar-refractivity contribution in [2.24, 2.45) is 5.92 Å². The summed E-state index contributed by atoms with van der Waals surface area (Å²) in [5.41, 5.74) is 0.680. The first-order valence-electron chi connectivity index (χ1n) is 7.26. The van der Waals surface area contributed by atoms with Crippen molar-refractivity contribution in [2.75, 3.05) is 6.61 Å². The van der Waals surface area contributed by atoms with Crippen molar-refractivity contribution in [2.45, 2.75) is 45.8 Å². The average molecular weight is 313 g/mol. The third-order valence-corrected chi connectivity index (χ3v) is 4.14. The van der Waals surface area contributed by atoms with E-state index in [1.807, 2.05) is 6.92 Å². The molecule has 2 rings (SSSR count). The van der Waals surface area contributed by atoms with Crippen LogP contribution in [-0.2, 0) is 0 Å². The minimum Gasteiger partial charge on any atom is -0.434 e. The first-order chi connectivity index (χ1) is 10.3. The van der Waals surface area contributed by atoms with E-state index in [0.717, 1.165) is 12.8 Å². The first-order valence-corrected chi connectivity index (χ1v) is 7.26. The maximum absolute atomic E-state index is 12.4. The number of rotatable bonds is 6. The van der Waals surface area contributed by atoms with Crippen molar-refractivity contribution < 1.29 is 23.4 Å². The average Bonchev–Trinajstić information content (AvgIpc) is 3.27. The fourth-order valence-electron chi connectivity index (χ4n) is 2.68. The number of aliphatic hydroxyl groups is 1. The van der Waals surface area contributed by atoms with Crippen LogP contribution in [0.3, 0.4) is 0 Å². The molecule has 1 aliphatic rings. The topological polar surface area (TPSA) is 58.6 Å². The van der Waals surface area contributed by atoms with Crippen LogP contribution in [0.5, 0.6) is 5.75 Å². The molecule has 4 nitrogen and oxygen atoms in total. The normalized spacial score (nSPS) is 17.2. The van der Waals surface area contributed by atoms with Gasteiger partial charge < -0.3 is 15.2 Å². The van der Waals surface area contributed by atoms with E-state index in [9.17, 15) is 18.7 Å². The van der Waals surface area contributed by atoms with Crippen LogP contribution < -0.4 is 10.1 Å². The van der Waals surface area contributed by atoms with E-state index in [2.05, 4.69) is 10.1 Å². The number of nitrogens with one attached hydrogen (secondary N) is 1. The number of ether oxygens (including phenoxy) is 1. The van der Waals surface area contributed by atoms with Crippen LogP contribution >= 0.6 is 0 Å². The zero-order valence-electron chi connectivity index (χ0n) is 13.0. The number of hydrogen-bond donors (Lipinski definition) is 2. The van der Waals surface area contributed by atoms with Crippen LogP contribution in [-0.4, -0.2) is 29.8 Å². The number of amides is 1. The number of benzene rings is 1. The van der Waals surface area contributed by atoms with E-state index in [0.29, 0.717) is 16.7 Å². The summed E-state index contributed by atoms with van der Waals surface area (Å²) in [6.07, 6.45) is 1.97. The van der Waals surface area contributed by atoms with Crippen molar-refractivity contribution in [3.05, 3.63) is 28.8 Å². The lowest BCUT2D eigenvalue weighted by atomic mass is 9.96. The van der Waals surface area contributed by atoms with Gasteiger partial charge >= 0.3 is 6.61 Å². The summed E-state index contributed by atoms with van der Waals surface area (Å²) in [6, 6.07) is 3.04. The highest BCUT2D eigenvalue weighted by Crippen LogP contribution is 2.39. The second kappa shape index (κ2) is 6.20. The van der Waals surface area contributed by atoms with Crippen LogP contribution in [0.15, 0.2) is 12.1 Å². The van der Waals surface area contributed by atoms with Gasteiger partial charge in [0.25, 0.3) is 5.91 Å². The molecule has 2 N–H and O–H groups in total. The van der Waals surface area contributed by atoms with E-state index in [4.69, 9.17) is 0 Å². The molecule has 0 saturated heterocycles. The molecule has 1 aliphatic carbocycles. The predicted octanol–water partition coefficient (Wildman–Crippen LogP) is 2.80. The van der Waals surface area contributed by atoms with Gasteiger partial charge in [0.1, 0.15) is 5.75 Å². The Balaban J connectivity index is 2.20. The Labute approximate surface area is 128 Å². The molecule has 1 aromatic carbocycles. The molecular formula is C16H21F2NO3. The van der Waals surface area contributed by atoms with Gasteiger partial charge in [0, 0.05) is 5.56 Å². The second-order valence-corrected chi connectivity index (χ2v) is 6.12. The van der Waals surface area contributed by atoms with Crippen molar-refractivity contribution in [1.29, 1.82) is 0 Å². The first kappa shape index (κ1) is 16.7. The number of aliphatic hydroxyl groups excluding tert-OH is 1. The fourth-order valence-corrected chi connectivity index (χ4v) is 2.68. The minimum absolute atomic E-state index is 0.0960. The minimum atomic E-state index is -2.90. The molecule has 1 fully saturated rings. The Morgan fingerprint density at radius 3 is 2.36 bits per heavy atom. The largest absolute Gasteiger partial charge is 0.434 e. The Bertz CT molecular complexity index is 550. The summed E-state index contributed by atoms with van der Waals surface area (Å²) in [6.45, 7) is 2.02. The second-order valence-electron chi connectivity index (χ2n) is 6.12. The molecule has 0 aromatic heterocycles. The van der Waals surface area contributed by atoms with Crippen LogP contribution in [0, 0.1) is 19.8 Å². The number of aryl methyl sites for hydroxylation is 2. The molecule has 0 radical (unpaired) electrons. The molecule has 1 atom stereocenters. The molecule has 0 aliphatic heterocycles. The van der Waals surface area contributed by atoms with E-state index >= 15 is 0 Å². The smallest absolute Gasteiger partial charge is 0.387 e. The monoisotopic (exact) mass is 313 g/mol. The van der Waals surface area contributed by atoms with Crippen LogP contribution in [0.25, 0.3) is 0 Å². The third-order valence-electron chi connectivity index (χ3n) is 4.14. The zero-order chi connectivity index (χ0) is 16.5. The standard InChI is InChI=1S/C16H21F2NO3/c1-9-6-11(7-10(2)13(9)22-15(17)18)14(21)19-16(3,8-20)12-4-5-12/h6-7,12,15,20H,4-5,8H2,1-3H3,(H,19,21). The highest BCUT2D eigenvalue weighted by atomic mass is 19.3. The number of carbonyl (C=O) groups is 1. The van der Waals surface area contributed by atoms with E-state index in [1.54, 1.807) is 13.8 Å². The van der Waals surface area contributed by atoms with Crippen LogP contribution in [0.4, 0.5) is 8.78 Å². The van der Waals surface area contributed by atoms with E-state index < -0.39 is 12.2 Å². The summed E-state index contributed by atoms with van der Waals surface area (Å²) in [5.74, 6) is 0.0574. The number of alkyl halides is 2. The van der Waals surface area contributed by atoms with Gasteiger partial charge in [-0.05, 0) is 62.8 Å². The molecule has 1 amide bonds. The molecule has 0 bridgehead atoms. The Kier molecular flexibility index (Phi) is 4.70. The lowest BCUT2D eigenvalue weighted by molar-refractivity contribution is -0.0507. The van der Waals surface area contributed by atoms with Gasteiger partial charge in [0.15, 0.2) is 0 Å². The van der Waals surface area contributed by atoms with Crippen molar-refractivity contribution in [1.82, 2.24) is 5.32 Å². The van der Waals surface area contributed by atoms with Crippen molar-refractivity contribution >= 4 is 5.91 Å². The Morgan fingerprint density at radius 1 is 1.41 bits per heavy atom. The van der Waals surface area contributed by atoms with Gasteiger partial charge in [-0.25, -0.2) is 0 Å². The van der Waals surface area contributed by atoms with Gasteiger partial charge in [-0.1, -0.05) is 0 Å². The third kappa shape index (κ3) is 3.55. The van der Waals surface area contributed by atoms with E-state index in [-0.39, 0.29) is 24.2 Å². The Hall–Kier alpha value is -1.69. The number of halogens is 2.